The van der Waals surface area contributed by atoms with Crippen LogP contribution in [0.25, 0.3) is 0 Å². The van der Waals surface area contributed by atoms with Crippen LogP contribution in [0, 0.1) is 5.92 Å². The summed E-state index contributed by atoms with van der Waals surface area (Å²) in [6.45, 7) is 0. The summed E-state index contributed by atoms with van der Waals surface area (Å²) in [5, 5.41) is 37.6. The molecule has 4 atom stereocenters. The molecule has 5 nitrogen and oxygen atoms in total. The number of hydrogen-bond donors (Lipinski definition) is 3. The van der Waals surface area contributed by atoms with Gasteiger partial charge < -0.3 is 25.2 Å². The van der Waals surface area contributed by atoms with Crippen molar-refractivity contribution < 1.29 is 25.2 Å². The molecule has 12 heavy (non-hydrogen) atoms. The molecule has 0 aromatic carbocycles. The van der Waals surface area contributed by atoms with Crippen molar-refractivity contribution in [3.63, 3.8) is 0 Å². The minimum Gasteiger partial charge on any atom is -0.550 e. The molecule has 70 valence electrons. The number of carbonyl (C=O) groups excluding carboxylic acids is 1. The summed E-state index contributed by atoms with van der Waals surface area (Å²) >= 11 is 0. The zero-order chi connectivity index (χ0) is 9.30. The van der Waals surface area contributed by atoms with Crippen molar-refractivity contribution in [1.29, 1.82) is 0 Å². The van der Waals surface area contributed by atoms with Gasteiger partial charge in [0.05, 0.1) is 12.2 Å². The van der Waals surface area contributed by atoms with Crippen molar-refractivity contribution in [2.24, 2.45) is 5.92 Å². The van der Waals surface area contributed by atoms with E-state index >= 15 is 0 Å². The molecule has 0 aromatic heterocycles. The average molecular weight is 175 g/mol. The summed E-state index contributed by atoms with van der Waals surface area (Å²) in [5.41, 5.74) is 0. The van der Waals surface area contributed by atoms with Gasteiger partial charge >= 0.3 is 0 Å². The molecule has 0 radical (unpaired) electrons. The molecule has 0 bridgehead atoms. The van der Waals surface area contributed by atoms with E-state index in [1.165, 1.54) is 0 Å². The molecule has 3 N–H and O–H groups in total. The number of carboxylic acid groups (broad SMARTS) is 1. The van der Waals surface area contributed by atoms with Crippen molar-refractivity contribution in [3.05, 3.63) is 0 Å². The van der Waals surface area contributed by atoms with Gasteiger partial charge in [0.25, 0.3) is 0 Å². The molecule has 5 heteroatoms. The fourth-order valence-electron chi connectivity index (χ4n) is 1.41. The van der Waals surface area contributed by atoms with E-state index in [1.54, 1.807) is 0 Å². The second kappa shape index (κ2) is 3.38. The minimum atomic E-state index is -1.42. The zero-order valence-corrected chi connectivity index (χ0v) is 6.38. The molecule has 1 saturated carbocycles. The van der Waals surface area contributed by atoms with Crippen molar-refractivity contribution in [1.82, 2.24) is 0 Å². The van der Waals surface area contributed by atoms with Crippen molar-refractivity contribution in [2.75, 3.05) is 0 Å². The molecule has 0 saturated heterocycles. The molecule has 0 heterocycles. The van der Waals surface area contributed by atoms with Crippen LogP contribution in [0.15, 0.2) is 0 Å². The molecule has 0 amide bonds. The number of aliphatic carboxylic acids is 1. The second-order valence-electron chi connectivity index (χ2n) is 3.05. The summed E-state index contributed by atoms with van der Waals surface area (Å²) in [5.74, 6) is -2.45. The number of hydrogen-bond acceptors (Lipinski definition) is 5. The van der Waals surface area contributed by atoms with Crippen LogP contribution in [0.2, 0.25) is 0 Å². The van der Waals surface area contributed by atoms with Crippen molar-refractivity contribution in [3.8, 4) is 0 Å². The van der Waals surface area contributed by atoms with Crippen molar-refractivity contribution >= 4 is 5.97 Å². The minimum absolute atomic E-state index is 0.141. The van der Waals surface area contributed by atoms with E-state index in [4.69, 9.17) is 15.3 Å². The van der Waals surface area contributed by atoms with E-state index in [0.717, 1.165) is 0 Å². The van der Waals surface area contributed by atoms with Gasteiger partial charge in [-0.05, 0) is 12.8 Å². The maximum atomic E-state index is 10.4. The quantitative estimate of drug-likeness (QED) is 0.400. The summed E-state index contributed by atoms with van der Waals surface area (Å²) in [4.78, 5) is 10.4. The molecule has 2 unspecified atom stereocenters. The first-order valence-corrected chi connectivity index (χ1v) is 3.79. The summed E-state index contributed by atoms with van der Waals surface area (Å²) in [6.07, 6.45) is -3.51. The molecule has 0 aliphatic heterocycles. The van der Waals surface area contributed by atoms with E-state index in [2.05, 4.69) is 0 Å². The Morgan fingerprint density at radius 3 is 2.25 bits per heavy atom. The Hall–Kier alpha value is -0.650. The summed E-state index contributed by atoms with van der Waals surface area (Å²) in [7, 11) is 0. The Morgan fingerprint density at radius 1 is 1.17 bits per heavy atom. The maximum absolute atomic E-state index is 10.4. The van der Waals surface area contributed by atoms with Gasteiger partial charge in [-0.15, -0.1) is 0 Å². The standard InChI is InChI=1S/C7H12O5/c8-4-2-1-3(7(11)12)5(9)6(4)10/h3-6,8-10H,1-2H2,(H,11,12)/p-1/t3?,4?,5-,6+/m0/s1. The Kier molecular flexibility index (Phi) is 2.66. The van der Waals surface area contributed by atoms with Crippen LogP contribution in [-0.2, 0) is 4.79 Å². The van der Waals surface area contributed by atoms with E-state index in [0.29, 0.717) is 0 Å². The highest BCUT2D eigenvalue weighted by Gasteiger charge is 2.36. The molecule has 1 fully saturated rings. The maximum Gasteiger partial charge on any atom is 0.106 e. The van der Waals surface area contributed by atoms with Crippen LogP contribution in [0.5, 0.6) is 0 Å². The van der Waals surface area contributed by atoms with Crippen LogP contribution >= 0.6 is 0 Å². The molecule has 0 aromatic rings. The van der Waals surface area contributed by atoms with Gasteiger partial charge in [0.2, 0.25) is 0 Å². The first-order valence-electron chi connectivity index (χ1n) is 3.79. The molecule has 1 rings (SSSR count). The molecule has 1 aliphatic carbocycles. The molecular weight excluding hydrogens is 164 g/mol. The fraction of sp³-hybridized carbons (Fsp3) is 0.857. The Bertz CT molecular complexity index is 181. The van der Waals surface area contributed by atoms with Gasteiger partial charge in [-0.25, -0.2) is 0 Å². The van der Waals surface area contributed by atoms with Gasteiger partial charge in [0.15, 0.2) is 0 Å². The van der Waals surface area contributed by atoms with E-state index in [9.17, 15) is 9.90 Å². The van der Waals surface area contributed by atoms with Gasteiger partial charge in [-0.2, -0.15) is 0 Å². The first-order chi connectivity index (χ1) is 5.54. The highest BCUT2D eigenvalue weighted by molar-refractivity contribution is 5.68. The van der Waals surface area contributed by atoms with Crippen LogP contribution in [0.3, 0.4) is 0 Å². The van der Waals surface area contributed by atoms with Crippen LogP contribution in [0.1, 0.15) is 12.8 Å². The number of aliphatic hydroxyl groups excluding tert-OH is 3. The number of carbonyl (C=O) groups is 1. The monoisotopic (exact) mass is 175 g/mol. The number of aliphatic hydroxyl groups is 3. The third-order valence-electron chi connectivity index (χ3n) is 2.23. The van der Waals surface area contributed by atoms with E-state index in [-0.39, 0.29) is 12.8 Å². The lowest BCUT2D eigenvalue weighted by Crippen LogP contribution is -2.52. The SMILES string of the molecule is O=C([O-])C1CCC(O)[C@@H](O)[C@H]1O. The highest BCUT2D eigenvalue weighted by Crippen LogP contribution is 2.24. The lowest BCUT2D eigenvalue weighted by molar-refractivity contribution is -0.317. The van der Waals surface area contributed by atoms with Gasteiger partial charge in [0.1, 0.15) is 6.10 Å². The number of carboxylic acids is 1. The molecule has 0 spiro atoms. The molecular formula is C7H11O5-. The second-order valence-corrected chi connectivity index (χ2v) is 3.05. The third-order valence-corrected chi connectivity index (χ3v) is 2.23. The van der Waals surface area contributed by atoms with Crippen molar-refractivity contribution in [2.45, 2.75) is 31.2 Å². The fourth-order valence-corrected chi connectivity index (χ4v) is 1.41. The Morgan fingerprint density at radius 2 is 1.75 bits per heavy atom. The van der Waals surface area contributed by atoms with Gasteiger partial charge in [-0.3, -0.25) is 0 Å². The van der Waals surface area contributed by atoms with Crippen LogP contribution in [-0.4, -0.2) is 39.6 Å². The predicted molar refractivity (Wildman–Crippen MR) is 35.8 cm³/mol. The topological polar surface area (TPSA) is 101 Å². The predicted octanol–water partition coefficient (Wildman–Crippen LogP) is -2.77. The Balaban J connectivity index is 2.65. The van der Waals surface area contributed by atoms with Crippen LogP contribution in [0.4, 0.5) is 0 Å². The van der Waals surface area contributed by atoms with Gasteiger partial charge in [-0.1, -0.05) is 0 Å². The van der Waals surface area contributed by atoms with E-state index in [1.807, 2.05) is 0 Å². The zero-order valence-electron chi connectivity index (χ0n) is 6.38. The summed E-state index contributed by atoms with van der Waals surface area (Å²) < 4.78 is 0. The molecule has 1 aliphatic rings. The normalized spacial score (nSPS) is 42.6. The largest absolute Gasteiger partial charge is 0.550 e. The van der Waals surface area contributed by atoms with Crippen LogP contribution < -0.4 is 5.11 Å². The summed E-state index contributed by atoms with van der Waals surface area (Å²) in [6, 6.07) is 0. The number of rotatable bonds is 1. The average Bonchev–Trinajstić information content (AvgIpc) is 2.00. The van der Waals surface area contributed by atoms with E-state index < -0.39 is 30.2 Å². The first kappa shape index (κ1) is 9.44. The smallest absolute Gasteiger partial charge is 0.106 e. The lowest BCUT2D eigenvalue weighted by Gasteiger charge is -2.35. The Labute approximate surface area is 69.3 Å². The highest BCUT2D eigenvalue weighted by atomic mass is 16.4. The lowest BCUT2D eigenvalue weighted by atomic mass is 9.83. The van der Waals surface area contributed by atoms with Gasteiger partial charge in [0, 0.05) is 11.9 Å². The third kappa shape index (κ3) is 1.57.